The fraction of sp³-hybridized carbons (Fsp3) is 0.0612. The van der Waals surface area contributed by atoms with Crippen molar-refractivity contribution in [2.24, 2.45) is 0 Å². The zero-order valence-corrected chi connectivity index (χ0v) is 62.7. The van der Waals surface area contributed by atoms with Crippen LogP contribution in [-0.2, 0) is 18.4 Å². The fourth-order valence-corrected chi connectivity index (χ4v) is 21.5. The van der Waals surface area contributed by atoms with Crippen LogP contribution >= 0.6 is 30.2 Å². The Labute approximate surface area is 627 Å². The van der Waals surface area contributed by atoms with Gasteiger partial charge in [0.15, 0.2) is 14.3 Å². The molecule has 0 bridgehead atoms. The van der Waals surface area contributed by atoms with E-state index in [0.717, 1.165) is 63.3 Å². The van der Waals surface area contributed by atoms with Gasteiger partial charge in [0, 0.05) is 36.3 Å². The van der Waals surface area contributed by atoms with Gasteiger partial charge in [-0.1, -0.05) is 362 Å². The maximum atomic E-state index is 15.1. The molecule has 0 unspecified atom stereocenters. The Hall–Kier alpha value is -11.0. The van der Waals surface area contributed by atoms with Crippen molar-refractivity contribution in [2.75, 3.05) is 0 Å². The zero-order valence-electron chi connectivity index (χ0n) is 59.3. The van der Waals surface area contributed by atoms with Gasteiger partial charge in [-0.05, 0) is 183 Å². The van der Waals surface area contributed by atoms with Gasteiger partial charge < -0.3 is 18.4 Å². The molecule has 0 amide bonds. The molecule has 0 spiro atoms. The number of hydrogen-bond acceptors (Lipinski definition) is 4. The molecule has 1 heterocycles. The first-order valence-corrected chi connectivity index (χ1v) is 40.3. The van der Waals surface area contributed by atoms with Gasteiger partial charge in [-0.2, -0.15) is 0 Å². The summed E-state index contributed by atoms with van der Waals surface area (Å²) in [6.07, 6.45) is 0. The first-order valence-electron chi connectivity index (χ1n) is 36.1. The third kappa shape index (κ3) is 12.2. The number of hydrogen-bond donors (Lipinski definition) is 0. The number of benzene rings is 18. The Kier molecular flexibility index (Phi) is 18.1. The SMILES string of the molecule is CC1(C)OB(c2c3ccccc3c(-c3cccc4ccccc34)c3ccccc23)OC1(C)C.O=P(c1ccccc1)(c1ccccc1)c1ccc2cc(-c3c4ccccc4c(-c4cccc5ccccc45)c4ccccc34)ccc2c1.O=P(c1ccccc1)(c1ccccc1)c1ccc2cc(Br)ccc2c1. The molecule has 0 atom stereocenters. The van der Waals surface area contributed by atoms with Crippen LogP contribution in [0, 0.1) is 0 Å². The average Bonchev–Trinajstić information content (AvgIpc) is 1.17. The van der Waals surface area contributed by atoms with Crippen LogP contribution in [0.1, 0.15) is 27.7 Å². The van der Waals surface area contributed by atoms with Gasteiger partial charge >= 0.3 is 7.12 Å². The van der Waals surface area contributed by atoms with Crippen molar-refractivity contribution < 1.29 is 18.4 Å². The summed E-state index contributed by atoms with van der Waals surface area (Å²) in [5, 5.41) is 24.3. The minimum Gasteiger partial charge on any atom is -0.399 e. The second kappa shape index (κ2) is 28.1. The van der Waals surface area contributed by atoms with Gasteiger partial charge in [0.05, 0.1) is 11.2 Å². The topological polar surface area (TPSA) is 52.6 Å². The molecule has 0 aromatic heterocycles. The molecule has 106 heavy (non-hydrogen) atoms. The molecule has 510 valence electrons. The summed E-state index contributed by atoms with van der Waals surface area (Å²) in [4.78, 5) is 0. The van der Waals surface area contributed by atoms with Gasteiger partial charge in [-0.25, -0.2) is 0 Å². The number of halogens is 1. The summed E-state index contributed by atoms with van der Waals surface area (Å²) >= 11 is 3.51. The van der Waals surface area contributed by atoms with E-state index in [1.165, 1.54) is 98.0 Å². The Morgan fingerprint density at radius 2 is 0.547 bits per heavy atom. The largest absolute Gasteiger partial charge is 0.496 e. The maximum Gasteiger partial charge on any atom is 0.496 e. The van der Waals surface area contributed by atoms with Crippen LogP contribution in [0.15, 0.2) is 381 Å². The van der Waals surface area contributed by atoms with Crippen molar-refractivity contribution in [3.63, 3.8) is 0 Å². The summed E-state index contributed by atoms with van der Waals surface area (Å²) in [6.45, 7) is 8.45. The second-order valence-corrected chi connectivity index (χ2v) is 34.8. The lowest BCUT2D eigenvalue weighted by Gasteiger charge is -2.32. The molecule has 4 nitrogen and oxygen atoms in total. The third-order valence-corrected chi connectivity index (χ3v) is 28.2. The van der Waals surface area contributed by atoms with Crippen molar-refractivity contribution >= 4 is 161 Å². The molecule has 0 N–H and O–H groups in total. The normalized spacial score (nSPS) is 13.5. The van der Waals surface area contributed by atoms with Crippen molar-refractivity contribution in [1.29, 1.82) is 0 Å². The van der Waals surface area contributed by atoms with E-state index >= 15 is 4.57 Å². The van der Waals surface area contributed by atoms with E-state index in [2.05, 4.69) is 280 Å². The highest BCUT2D eigenvalue weighted by Gasteiger charge is 2.52. The smallest absolute Gasteiger partial charge is 0.399 e. The molecule has 1 aliphatic rings. The molecule has 19 rings (SSSR count). The van der Waals surface area contributed by atoms with Crippen LogP contribution in [0.25, 0.3) is 120 Å². The van der Waals surface area contributed by atoms with Gasteiger partial charge in [0.2, 0.25) is 0 Å². The summed E-state index contributed by atoms with van der Waals surface area (Å²) < 4.78 is 43.6. The van der Waals surface area contributed by atoms with Crippen molar-refractivity contribution in [3.05, 3.63) is 381 Å². The lowest BCUT2D eigenvalue weighted by atomic mass is 9.71. The molecule has 1 aliphatic heterocycles. The highest BCUT2D eigenvalue weighted by molar-refractivity contribution is 9.10. The van der Waals surface area contributed by atoms with E-state index in [-0.39, 0.29) is 0 Å². The summed E-state index contributed by atoms with van der Waals surface area (Å²) in [6, 6.07) is 130. The van der Waals surface area contributed by atoms with E-state index in [1.807, 2.05) is 140 Å². The van der Waals surface area contributed by atoms with Crippen LogP contribution in [0.2, 0.25) is 0 Å². The predicted octanol–water partition coefficient (Wildman–Crippen LogP) is 23.6. The molecular weight excluding hydrogens is 1390 g/mol. The first-order chi connectivity index (χ1) is 51.7. The van der Waals surface area contributed by atoms with Gasteiger partial charge in [-0.15, -0.1) is 0 Å². The third-order valence-electron chi connectivity index (χ3n) is 21.6. The van der Waals surface area contributed by atoms with Crippen molar-refractivity contribution in [2.45, 2.75) is 38.9 Å². The fourth-order valence-electron chi connectivity index (χ4n) is 15.7. The minimum absolute atomic E-state index is 0.395. The number of rotatable bonds is 10. The average molecular weight is 1470 g/mol. The minimum atomic E-state index is -3.07. The van der Waals surface area contributed by atoms with Gasteiger partial charge in [-0.3, -0.25) is 0 Å². The first kappa shape index (κ1) is 68.1. The second-order valence-electron chi connectivity index (χ2n) is 28.3. The van der Waals surface area contributed by atoms with Crippen LogP contribution in [-0.4, -0.2) is 18.3 Å². The highest BCUT2D eigenvalue weighted by atomic mass is 79.9. The molecule has 18 aromatic rings. The molecule has 1 fully saturated rings. The molecule has 0 saturated carbocycles. The quantitative estimate of drug-likeness (QED) is 0.0778. The lowest BCUT2D eigenvalue weighted by molar-refractivity contribution is 0.00578. The molecule has 1 saturated heterocycles. The standard InChI is InChI=1S/C46H31OP.C30H27BO2.C22H16BrOP/c47-48(36-16-3-1-4-17-36,37-18-5-2-6-19-37)38-29-28-33-30-35(27-26-34(33)31-38)45-41-21-9-11-23-43(41)46(44-24-12-10-22-42(44)45)40-25-13-15-32-14-7-8-20-39(32)40;1-29(2)30(3,4)33-31(32-29)28-25-17-9-7-15-23(25)27(24-16-8-10-18-26(24)28)22-19-11-13-20-12-5-6-14-21(20)22;23-19-13-11-18-16-22(14-12-17(18)15-19)25(24,20-7-3-1-4-8-20)21-9-5-2-6-10-21/h1-31H;5-19H,1-4H3;1-16H. The maximum absolute atomic E-state index is 15.1. The van der Waals surface area contributed by atoms with Gasteiger partial charge in [0.1, 0.15) is 0 Å². The van der Waals surface area contributed by atoms with Crippen molar-refractivity contribution in [3.8, 4) is 33.4 Å². The Balaban J connectivity index is 0.000000124. The van der Waals surface area contributed by atoms with E-state index in [4.69, 9.17) is 9.31 Å². The molecule has 0 aliphatic carbocycles. The van der Waals surface area contributed by atoms with Crippen molar-refractivity contribution in [1.82, 2.24) is 0 Å². The molecule has 0 radical (unpaired) electrons. The highest BCUT2D eigenvalue weighted by Crippen LogP contribution is 2.49. The Morgan fingerprint density at radius 1 is 0.255 bits per heavy atom. The van der Waals surface area contributed by atoms with Gasteiger partial charge in [0.25, 0.3) is 0 Å². The van der Waals surface area contributed by atoms with Crippen LogP contribution in [0.4, 0.5) is 0 Å². The summed E-state index contributed by atoms with van der Waals surface area (Å²) in [5.41, 5.74) is 7.76. The monoisotopic (exact) mass is 1470 g/mol. The van der Waals surface area contributed by atoms with Crippen LogP contribution in [0.5, 0.6) is 0 Å². The Morgan fingerprint density at radius 3 is 0.943 bits per heavy atom. The zero-order chi connectivity index (χ0) is 72.2. The van der Waals surface area contributed by atoms with Crippen LogP contribution < -0.4 is 37.3 Å². The summed E-state index contributed by atoms with van der Waals surface area (Å²) in [5.74, 6) is 0. The van der Waals surface area contributed by atoms with E-state index in [9.17, 15) is 4.57 Å². The molecular formula is C98H74BBrO4P2. The van der Waals surface area contributed by atoms with E-state index < -0.39 is 32.6 Å². The Bertz CT molecular complexity index is 6280. The molecule has 8 heteroatoms. The predicted molar refractivity (Wildman–Crippen MR) is 458 cm³/mol. The number of fused-ring (bicyclic) bond motifs is 8. The van der Waals surface area contributed by atoms with E-state index in [0.29, 0.717) is 0 Å². The van der Waals surface area contributed by atoms with E-state index in [1.54, 1.807) is 0 Å². The van der Waals surface area contributed by atoms with Crippen LogP contribution in [0.3, 0.4) is 0 Å². The molecule has 18 aromatic carbocycles. The summed E-state index contributed by atoms with van der Waals surface area (Å²) in [7, 11) is -6.40. The lowest BCUT2D eigenvalue weighted by Crippen LogP contribution is -2.41.